The van der Waals surface area contributed by atoms with Crippen LogP contribution in [0.3, 0.4) is 0 Å². The maximum atomic E-state index is 6.19. The van der Waals surface area contributed by atoms with Gasteiger partial charge in [0.2, 0.25) is 0 Å². The fraction of sp³-hybridized carbons (Fsp3) is 0.391. The summed E-state index contributed by atoms with van der Waals surface area (Å²) in [6.07, 6.45) is 3.42. The molecule has 3 aromatic rings. The maximum absolute atomic E-state index is 6.19. The van der Waals surface area contributed by atoms with E-state index < -0.39 is 0 Å². The second-order valence-electron chi connectivity index (χ2n) is 7.11. The molecule has 0 radical (unpaired) electrons. The van der Waals surface area contributed by atoms with Gasteiger partial charge in [-0.05, 0) is 61.9 Å². The van der Waals surface area contributed by atoms with Crippen molar-refractivity contribution in [1.82, 2.24) is 14.8 Å². The van der Waals surface area contributed by atoms with E-state index in [1.807, 2.05) is 18.2 Å². The molecule has 1 N–H and O–H groups in total. The number of para-hydroxylation sites is 1. The lowest BCUT2D eigenvalue weighted by Gasteiger charge is -2.17. The summed E-state index contributed by atoms with van der Waals surface area (Å²) in [7, 11) is 0. The minimum absolute atomic E-state index is 0.595. The van der Waals surface area contributed by atoms with Gasteiger partial charge in [-0.15, -0.1) is 0 Å². The van der Waals surface area contributed by atoms with Gasteiger partial charge in [0.15, 0.2) is 0 Å². The molecule has 0 spiro atoms. The molecule has 0 amide bonds. The van der Waals surface area contributed by atoms with Crippen molar-refractivity contribution in [2.75, 3.05) is 26.2 Å². The lowest BCUT2D eigenvalue weighted by Crippen LogP contribution is -2.27. The molecule has 3 rings (SSSR count). The van der Waals surface area contributed by atoms with Crippen LogP contribution >= 0.6 is 23.2 Å². The van der Waals surface area contributed by atoms with Gasteiger partial charge < -0.3 is 14.8 Å². The number of hydrogen-bond acceptors (Lipinski definition) is 2. The fourth-order valence-corrected chi connectivity index (χ4v) is 3.94. The first-order chi connectivity index (χ1) is 13.6. The van der Waals surface area contributed by atoms with Crippen molar-refractivity contribution in [1.29, 1.82) is 0 Å². The molecule has 0 saturated heterocycles. The molecule has 0 unspecified atom stereocenters. The van der Waals surface area contributed by atoms with Crippen molar-refractivity contribution >= 4 is 34.1 Å². The highest BCUT2D eigenvalue weighted by Crippen LogP contribution is 2.26. The van der Waals surface area contributed by atoms with Crippen LogP contribution in [0.1, 0.15) is 31.4 Å². The zero-order valence-electron chi connectivity index (χ0n) is 16.7. The van der Waals surface area contributed by atoms with E-state index in [1.54, 1.807) is 0 Å². The molecule has 0 aliphatic rings. The molecular weight excluding hydrogens is 389 g/mol. The summed E-state index contributed by atoms with van der Waals surface area (Å²) in [4.78, 5) is 2.46. The first-order valence-corrected chi connectivity index (χ1v) is 10.8. The van der Waals surface area contributed by atoms with Gasteiger partial charge in [-0.25, -0.2) is 0 Å². The van der Waals surface area contributed by atoms with E-state index >= 15 is 0 Å². The number of halogens is 2. The lowest BCUT2D eigenvalue weighted by atomic mass is 10.2. The SMILES string of the molecule is CCN(CC)CCCNCc1cn(Cc2ccc(Cl)c(Cl)c2)c2ccccc12. The summed E-state index contributed by atoms with van der Waals surface area (Å²) >= 11 is 12.2. The van der Waals surface area contributed by atoms with Crippen molar-refractivity contribution in [2.24, 2.45) is 0 Å². The minimum Gasteiger partial charge on any atom is -0.343 e. The highest BCUT2D eigenvalue weighted by atomic mass is 35.5. The van der Waals surface area contributed by atoms with Crippen LogP contribution < -0.4 is 5.32 Å². The van der Waals surface area contributed by atoms with Gasteiger partial charge in [-0.2, -0.15) is 0 Å². The normalized spacial score (nSPS) is 11.6. The predicted octanol–water partition coefficient (Wildman–Crippen LogP) is 5.82. The summed E-state index contributed by atoms with van der Waals surface area (Å²) in [6, 6.07) is 14.4. The van der Waals surface area contributed by atoms with Crippen molar-refractivity contribution in [3.63, 3.8) is 0 Å². The number of fused-ring (bicyclic) bond motifs is 1. The first-order valence-electron chi connectivity index (χ1n) is 10.1. The number of aromatic nitrogens is 1. The zero-order chi connectivity index (χ0) is 19.9. The Balaban J connectivity index is 1.67. The smallest absolute Gasteiger partial charge is 0.0595 e. The highest BCUT2D eigenvalue weighted by molar-refractivity contribution is 6.42. The molecule has 0 aliphatic carbocycles. The molecule has 0 bridgehead atoms. The number of nitrogens with zero attached hydrogens (tertiary/aromatic N) is 2. The molecule has 0 atom stereocenters. The van der Waals surface area contributed by atoms with Crippen LogP contribution in [-0.2, 0) is 13.1 Å². The summed E-state index contributed by atoms with van der Waals surface area (Å²) in [5.41, 5.74) is 3.72. The van der Waals surface area contributed by atoms with E-state index in [0.717, 1.165) is 44.8 Å². The van der Waals surface area contributed by atoms with Gasteiger partial charge in [-0.3, -0.25) is 0 Å². The van der Waals surface area contributed by atoms with E-state index in [-0.39, 0.29) is 0 Å². The lowest BCUT2D eigenvalue weighted by molar-refractivity contribution is 0.298. The van der Waals surface area contributed by atoms with Gasteiger partial charge in [-0.1, -0.05) is 61.3 Å². The van der Waals surface area contributed by atoms with Crippen LogP contribution in [-0.4, -0.2) is 35.6 Å². The maximum Gasteiger partial charge on any atom is 0.0595 e. The second-order valence-corrected chi connectivity index (χ2v) is 7.92. The van der Waals surface area contributed by atoms with Crippen LogP contribution in [0.25, 0.3) is 10.9 Å². The van der Waals surface area contributed by atoms with Crippen LogP contribution in [0.4, 0.5) is 0 Å². The third-order valence-electron chi connectivity index (χ3n) is 5.25. The molecule has 1 heterocycles. The highest BCUT2D eigenvalue weighted by Gasteiger charge is 2.09. The Morgan fingerprint density at radius 3 is 2.54 bits per heavy atom. The van der Waals surface area contributed by atoms with Crippen LogP contribution in [0.5, 0.6) is 0 Å². The van der Waals surface area contributed by atoms with Gasteiger partial charge in [0, 0.05) is 30.2 Å². The number of benzene rings is 2. The van der Waals surface area contributed by atoms with Gasteiger partial charge in [0.05, 0.1) is 10.0 Å². The molecular formula is C23H29Cl2N3. The summed E-state index contributed by atoms with van der Waals surface area (Å²) in [5, 5.41) is 6.11. The molecule has 28 heavy (non-hydrogen) atoms. The molecule has 3 nitrogen and oxygen atoms in total. The Bertz CT molecular complexity index is 900. The Morgan fingerprint density at radius 1 is 1.00 bits per heavy atom. The van der Waals surface area contributed by atoms with Crippen molar-refractivity contribution < 1.29 is 0 Å². The fourth-order valence-electron chi connectivity index (χ4n) is 3.62. The second kappa shape index (κ2) is 10.3. The predicted molar refractivity (Wildman–Crippen MR) is 122 cm³/mol. The third-order valence-corrected chi connectivity index (χ3v) is 5.98. The Labute approximate surface area is 178 Å². The molecule has 0 aliphatic heterocycles. The summed E-state index contributed by atoms with van der Waals surface area (Å²) < 4.78 is 2.29. The average molecular weight is 418 g/mol. The Hall–Kier alpha value is -1.52. The Morgan fingerprint density at radius 2 is 1.79 bits per heavy atom. The third kappa shape index (κ3) is 5.30. The van der Waals surface area contributed by atoms with E-state index in [0.29, 0.717) is 10.0 Å². The van der Waals surface area contributed by atoms with E-state index in [9.17, 15) is 0 Å². The number of rotatable bonds is 10. The van der Waals surface area contributed by atoms with Gasteiger partial charge >= 0.3 is 0 Å². The summed E-state index contributed by atoms with van der Waals surface area (Å²) in [5.74, 6) is 0. The number of hydrogen-bond donors (Lipinski definition) is 1. The summed E-state index contributed by atoms with van der Waals surface area (Å²) in [6.45, 7) is 10.5. The van der Waals surface area contributed by atoms with Gasteiger partial charge in [0.25, 0.3) is 0 Å². The molecule has 1 aromatic heterocycles. The van der Waals surface area contributed by atoms with Crippen molar-refractivity contribution in [2.45, 2.75) is 33.4 Å². The standard InChI is InChI=1S/C23H29Cl2N3/c1-3-27(4-2)13-7-12-26-15-19-17-28(23-9-6-5-8-20(19)23)16-18-10-11-21(24)22(25)14-18/h5-6,8-11,14,17,26H,3-4,7,12-13,15-16H2,1-2H3. The van der Waals surface area contributed by atoms with Crippen molar-refractivity contribution in [3.8, 4) is 0 Å². The molecule has 0 saturated carbocycles. The molecule has 2 aromatic carbocycles. The van der Waals surface area contributed by atoms with E-state index in [1.165, 1.54) is 22.9 Å². The van der Waals surface area contributed by atoms with Crippen LogP contribution in [0, 0.1) is 0 Å². The minimum atomic E-state index is 0.595. The number of nitrogens with one attached hydrogen (secondary N) is 1. The van der Waals surface area contributed by atoms with Crippen molar-refractivity contribution in [3.05, 3.63) is 69.8 Å². The molecule has 5 heteroatoms. The first kappa shape index (κ1) is 21.2. The van der Waals surface area contributed by atoms with E-state index in [4.69, 9.17) is 23.2 Å². The molecule has 150 valence electrons. The van der Waals surface area contributed by atoms with Gasteiger partial charge in [0.1, 0.15) is 0 Å². The quantitative estimate of drug-likeness (QED) is 0.419. The topological polar surface area (TPSA) is 20.2 Å². The average Bonchev–Trinajstić information content (AvgIpc) is 3.05. The van der Waals surface area contributed by atoms with Crippen LogP contribution in [0.15, 0.2) is 48.7 Å². The van der Waals surface area contributed by atoms with Crippen LogP contribution in [0.2, 0.25) is 10.0 Å². The Kier molecular flexibility index (Phi) is 7.81. The monoisotopic (exact) mass is 417 g/mol. The molecule has 0 fully saturated rings. The largest absolute Gasteiger partial charge is 0.343 e. The zero-order valence-corrected chi connectivity index (χ0v) is 18.2. The van der Waals surface area contributed by atoms with E-state index in [2.05, 4.69) is 59.1 Å².